The number of aromatic nitrogens is 2. The van der Waals surface area contributed by atoms with Crippen LogP contribution in [0.2, 0.25) is 0 Å². The zero-order valence-corrected chi connectivity index (χ0v) is 16.2. The molecule has 1 aliphatic heterocycles. The van der Waals surface area contributed by atoms with Crippen LogP contribution in [0.1, 0.15) is 18.3 Å². The standard InChI is InChI=1S/C22H26N4O2/c1-2-28-18-9-7-17(8-10-18)15-25-11-13-26(14-12-25)16-21-23-20-6-4-3-5-19(20)22(27)24-21/h3-10H,2,11-16H2,1H3,(H,23,24,27). The summed E-state index contributed by atoms with van der Waals surface area (Å²) in [6.45, 7) is 8.26. The van der Waals surface area contributed by atoms with E-state index >= 15 is 0 Å². The van der Waals surface area contributed by atoms with Gasteiger partial charge in [0, 0.05) is 32.7 Å². The molecule has 6 heteroatoms. The molecule has 4 rings (SSSR count). The van der Waals surface area contributed by atoms with Crippen molar-refractivity contribution in [1.29, 1.82) is 0 Å². The summed E-state index contributed by atoms with van der Waals surface area (Å²) in [5.41, 5.74) is 2.00. The number of H-pyrrole nitrogens is 1. The Labute approximate surface area is 164 Å². The molecular formula is C22H26N4O2. The molecule has 0 bridgehead atoms. The van der Waals surface area contributed by atoms with E-state index in [9.17, 15) is 4.79 Å². The third-order valence-electron chi connectivity index (χ3n) is 5.14. The quantitative estimate of drug-likeness (QED) is 0.715. The van der Waals surface area contributed by atoms with E-state index in [1.54, 1.807) is 0 Å². The minimum Gasteiger partial charge on any atom is -0.494 e. The molecule has 1 aliphatic rings. The summed E-state index contributed by atoms with van der Waals surface area (Å²) in [5, 5.41) is 0.645. The fraction of sp³-hybridized carbons (Fsp3) is 0.364. The van der Waals surface area contributed by atoms with Gasteiger partial charge in [-0.15, -0.1) is 0 Å². The van der Waals surface area contributed by atoms with Gasteiger partial charge >= 0.3 is 0 Å². The van der Waals surface area contributed by atoms with E-state index in [4.69, 9.17) is 4.74 Å². The average molecular weight is 378 g/mol. The predicted octanol–water partition coefficient (Wildman–Crippen LogP) is 2.64. The monoisotopic (exact) mass is 378 g/mol. The normalized spacial score (nSPS) is 15.8. The van der Waals surface area contributed by atoms with Gasteiger partial charge in [-0.25, -0.2) is 4.98 Å². The van der Waals surface area contributed by atoms with Gasteiger partial charge in [-0.2, -0.15) is 0 Å². The summed E-state index contributed by atoms with van der Waals surface area (Å²) in [4.78, 5) is 24.6. The first-order chi connectivity index (χ1) is 13.7. The molecule has 1 aromatic heterocycles. The van der Waals surface area contributed by atoms with Crippen molar-refractivity contribution in [2.75, 3.05) is 32.8 Å². The number of ether oxygens (including phenoxy) is 1. The van der Waals surface area contributed by atoms with Gasteiger partial charge in [0.15, 0.2) is 0 Å². The number of hydrogen-bond donors (Lipinski definition) is 1. The van der Waals surface area contributed by atoms with Gasteiger partial charge in [-0.1, -0.05) is 24.3 Å². The van der Waals surface area contributed by atoms with Crippen molar-refractivity contribution in [3.8, 4) is 5.75 Å². The number of nitrogens with one attached hydrogen (secondary N) is 1. The molecular weight excluding hydrogens is 352 g/mol. The maximum Gasteiger partial charge on any atom is 0.258 e. The van der Waals surface area contributed by atoms with Crippen molar-refractivity contribution >= 4 is 10.9 Å². The average Bonchev–Trinajstić information content (AvgIpc) is 2.71. The molecule has 1 saturated heterocycles. The third kappa shape index (κ3) is 4.40. The first-order valence-corrected chi connectivity index (χ1v) is 9.85. The van der Waals surface area contributed by atoms with E-state index in [1.807, 2.05) is 43.3 Å². The fourth-order valence-corrected chi connectivity index (χ4v) is 3.64. The highest BCUT2D eigenvalue weighted by molar-refractivity contribution is 5.77. The SMILES string of the molecule is CCOc1ccc(CN2CCN(Cc3nc4ccccc4c(=O)[nH]3)CC2)cc1. The molecule has 2 aromatic carbocycles. The highest BCUT2D eigenvalue weighted by Crippen LogP contribution is 2.15. The van der Waals surface area contributed by atoms with Crippen LogP contribution in [0.3, 0.4) is 0 Å². The second-order valence-electron chi connectivity index (χ2n) is 7.16. The minimum absolute atomic E-state index is 0.0604. The molecule has 6 nitrogen and oxygen atoms in total. The maximum atomic E-state index is 12.2. The summed E-state index contributed by atoms with van der Waals surface area (Å²) in [7, 11) is 0. The van der Waals surface area contributed by atoms with Gasteiger partial charge in [-0.05, 0) is 36.8 Å². The molecule has 0 atom stereocenters. The number of para-hydroxylation sites is 1. The van der Waals surface area contributed by atoms with Crippen LogP contribution in [0.15, 0.2) is 53.3 Å². The Bertz CT molecular complexity index is 976. The van der Waals surface area contributed by atoms with E-state index in [2.05, 4.69) is 31.9 Å². The molecule has 1 N–H and O–H groups in total. The lowest BCUT2D eigenvalue weighted by molar-refractivity contribution is 0.120. The number of nitrogens with zero attached hydrogens (tertiary/aromatic N) is 3. The largest absolute Gasteiger partial charge is 0.494 e. The lowest BCUT2D eigenvalue weighted by atomic mass is 10.2. The molecule has 0 amide bonds. The topological polar surface area (TPSA) is 61.5 Å². The van der Waals surface area contributed by atoms with Crippen LogP contribution in [-0.4, -0.2) is 52.6 Å². The third-order valence-corrected chi connectivity index (χ3v) is 5.14. The Hall–Kier alpha value is -2.70. The Morgan fingerprint density at radius 3 is 2.36 bits per heavy atom. The smallest absolute Gasteiger partial charge is 0.258 e. The molecule has 0 radical (unpaired) electrons. The second kappa shape index (κ2) is 8.54. The van der Waals surface area contributed by atoms with Crippen LogP contribution in [0.4, 0.5) is 0 Å². The van der Waals surface area contributed by atoms with Gasteiger partial charge in [0.2, 0.25) is 0 Å². The molecule has 0 aliphatic carbocycles. The Morgan fingerprint density at radius 1 is 0.964 bits per heavy atom. The lowest BCUT2D eigenvalue weighted by Gasteiger charge is -2.34. The van der Waals surface area contributed by atoms with Gasteiger partial charge in [0.25, 0.3) is 5.56 Å². The number of hydrogen-bond acceptors (Lipinski definition) is 5. The van der Waals surface area contributed by atoms with E-state index < -0.39 is 0 Å². The summed E-state index contributed by atoms with van der Waals surface area (Å²) < 4.78 is 5.51. The van der Waals surface area contributed by atoms with Gasteiger partial charge in [-0.3, -0.25) is 14.6 Å². The molecule has 146 valence electrons. The zero-order valence-electron chi connectivity index (χ0n) is 16.2. The van der Waals surface area contributed by atoms with Crippen molar-refractivity contribution in [3.63, 3.8) is 0 Å². The molecule has 3 aromatic rings. The van der Waals surface area contributed by atoms with Crippen molar-refractivity contribution in [2.45, 2.75) is 20.0 Å². The number of benzene rings is 2. The molecule has 2 heterocycles. The first kappa shape index (κ1) is 18.7. The lowest BCUT2D eigenvalue weighted by Crippen LogP contribution is -2.45. The first-order valence-electron chi connectivity index (χ1n) is 9.85. The van der Waals surface area contributed by atoms with Crippen molar-refractivity contribution in [1.82, 2.24) is 19.8 Å². The van der Waals surface area contributed by atoms with Crippen LogP contribution in [-0.2, 0) is 13.1 Å². The van der Waals surface area contributed by atoms with Gasteiger partial charge in [0.05, 0.1) is 24.1 Å². The van der Waals surface area contributed by atoms with E-state index in [0.29, 0.717) is 18.5 Å². The van der Waals surface area contributed by atoms with Crippen LogP contribution in [0.5, 0.6) is 5.75 Å². The van der Waals surface area contributed by atoms with Crippen LogP contribution in [0.25, 0.3) is 10.9 Å². The fourth-order valence-electron chi connectivity index (χ4n) is 3.64. The van der Waals surface area contributed by atoms with Gasteiger partial charge in [0.1, 0.15) is 11.6 Å². The number of aromatic amines is 1. The van der Waals surface area contributed by atoms with Crippen molar-refractivity contribution < 1.29 is 4.74 Å². The van der Waals surface area contributed by atoms with E-state index in [-0.39, 0.29) is 5.56 Å². The molecule has 28 heavy (non-hydrogen) atoms. The summed E-state index contributed by atoms with van der Waals surface area (Å²) in [6.07, 6.45) is 0. The number of rotatable bonds is 6. The highest BCUT2D eigenvalue weighted by atomic mass is 16.5. The molecule has 0 unspecified atom stereocenters. The Balaban J connectivity index is 1.32. The van der Waals surface area contributed by atoms with Gasteiger partial charge < -0.3 is 9.72 Å². The number of fused-ring (bicyclic) bond motifs is 1. The minimum atomic E-state index is -0.0604. The van der Waals surface area contributed by atoms with Crippen LogP contribution < -0.4 is 10.3 Å². The molecule has 0 spiro atoms. The summed E-state index contributed by atoms with van der Waals surface area (Å²) >= 11 is 0. The Kier molecular flexibility index (Phi) is 5.69. The Morgan fingerprint density at radius 2 is 1.64 bits per heavy atom. The highest BCUT2D eigenvalue weighted by Gasteiger charge is 2.18. The van der Waals surface area contributed by atoms with Crippen LogP contribution >= 0.6 is 0 Å². The molecule has 1 fully saturated rings. The number of piperazine rings is 1. The summed E-state index contributed by atoms with van der Waals surface area (Å²) in [5.74, 6) is 1.66. The second-order valence-corrected chi connectivity index (χ2v) is 7.16. The molecule has 0 saturated carbocycles. The van der Waals surface area contributed by atoms with E-state index in [0.717, 1.165) is 49.8 Å². The zero-order chi connectivity index (χ0) is 19.3. The summed E-state index contributed by atoms with van der Waals surface area (Å²) in [6, 6.07) is 15.8. The predicted molar refractivity (Wildman–Crippen MR) is 111 cm³/mol. The maximum absolute atomic E-state index is 12.2. The van der Waals surface area contributed by atoms with Crippen LogP contribution in [0, 0.1) is 0 Å². The van der Waals surface area contributed by atoms with Crippen molar-refractivity contribution in [3.05, 3.63) is 70.3 Å². The van der Waals surface area contributed by atoms with Crippen molar-refractivity contribution in [2.24, 2.45) is 0 Å². The van der Waals surface area contributed by atoms with E-state index in [1.165, 1.54) is 5.56 Å².